The molecule has 2 N–H and O–H groups in total. The monoisotopic (exact) mass is 389 g/mol. The van der Waals surface area contributed by atoms with Gasteiger partial charge in [-0.15, -0.1) is 0 Å². The second-order valence-corrected chi connectivity index (χ2v) is 8.00. The summed E-state index contributed by atoms with van der Waals surface area (Å²) in [6.07, 6.45) is 6.12. The molecule has 1 saturated heterocycles. The molecule has 1 aromatic heterocycles. The van der Waals surface area contributed by atoms with Crippen LogP contribution in [-0.4, -0.2) is 42.0 Å². The molecule has 0 radical (unpaired) electrons. The summed E-state index contributed by atoms with van der Waals surface area (Å²) in [5.41, 5.74) is 4.90. The Labute approximate surface area is 173 Å². The van der Waals surface area contributed by atoms with Crippen molar-refractivity contribution >= 4 is 16.8 Å². The third-order valence-electron chi connectivity index (χ3n) is 6.13. The van der Waals surface area contributed by atoms with Crippen LogP contribution in [0, 0.1) is 0 Å². The third-order valence-corrected chi connectivity index (χ3v) is 6.13. The predicted octanol–water partition coefficient (Wildman–Crippen LogP) is 4.46. The van der Waals surface area contributed by atoms with Gasteiger partial charge < -0.3 is 15.2 Å². The Morgan fingerprint density at radius 2 is 1.90 bits per heavy atom. The van der Waals surface area contributed by atoms with Crippen LogP contribution >= 0.6 is 0 Å². The van der Waals surface area contributed by atoms with Crippen molar-refractivity contribution < 1.29 is 4.79 Å². The Balaban J connectivity index is 1.54. The minimum atomic E-state index is 0.0452. The molecular weight excluding hydrogens is 358 g/mol. The first-order valence-electron chi connectivity index (χ1n) is 10.9. The van der Waals surface area contributed by atoms with E-state index in [1.54, 1.807) is 0 Å². The highest BCUT2D eigenvalue weighted by atomic mass is 16.1. The van der Waals surface area contributed by atoms with Gasteiger partial charge in [-0.3, -0.25) is 4.79 Å². The van der Waals surface area contributed by atoms with Gasteiger partial charge >= 0.3 is 0 Å². The van der Waals surface area contributed by atoms with Crippen LogP contribution in [0.2, 0.25) is 0 Å². The van der Waals surface area contributed by atoms with E-state index in [4.69, 9.17) is 0 Å². The average Bonchev–Trinajstić information content (AvgIpc) is 3.42. The van der Waals surface area contributed by atoms with Crippen molar-refractivity contribution in [2.75, 3.05) is 26.2 Å². The zero-order valence-corrected chi connectivity index (χ0v) is 17.3. The van der Waals surface area contributed by atoms with Gasteiger partial charge in [0.25, 0.3) is 0 Å². The first kappa shape index (κ1) is 19.7. The number of rotatable bonds is 8. The topological polar surface area (TPSA) is 48.1 Å². The summed E-state index contributed by atoms with van der Waals surface area (Å²) in [6, 6.07) is 16.9. The standard InChI is InChI=1S/C25H31N3O/c1-2-19-11-8-12-21-23(18-27-25(19)21)22(20-9-4-3-5-10-20)17-24(29)26-13-16-28-14-6-7-15-28/h3-5,8-12,18,22,27H,2,6-7,13-17H2,1H3,(H,26,29). The third kappa shape index (κ3) is 4.54. The zero-order chi connectivity index (χ0) is 20.1. The van der Waals surface area contributed by atoms with Crippen molar-refractivity contribution in [3.05, 3.63) is 71.4 Å². The molecule has 1 amide bonds. The summed E-state index contributed by atoms with van der Waals surface area (Å²) in [7, 11) is 0. The normalized spacial score (nSPS) is 15.6. The number of nitrogens with one attached hydrogen (secondary N) is 2. The number of benzene rings is 2. The molecule has 2 aromatic carbocycles. The Hall–Kier alpha value is -2.59. The number of likely N-dealkylation sites (tertiary alicyclic amines) is 1. The molecular formula is C25H31N3O. The smallest absolute Gasteiger partial charge is 0.220 e. The molecule has 4 nitrogen and oxygen atoms in total. The number of carbonyl (C=O) groups is 1. The van der Waals surface area contributed by atoms with Gasteiger partial charge in [0.05, 0.1) is 0 Å². The van der Waals surface area contributed by atoms with E-state index in [0.717, 1.165) is 32.6 Å². The zero-order valence-electron chi connectivity index (χ0n) is 17.3. The van der Waals surface area contributed by atoms with E-state index in [-0.39, 0.29) is 11.8 Å². The molecule has 0 saturated carbocycles. The van der Waals surface area contributed by atoms with Crippen molar-refractivity contribution in [2.24, 2.45) is 0 Å². The van der Waals surface area contributed by atoms with Gasteiger partial charge in [0.1, 0.15) is 0 Å². The molecule has 0 spiro atoms. The van der Waals surface area contributed by atoms with Crippen LogP contribution in [0.1, 0.15) is 48.8 Å². The number of fused-ring (bicyclic) bond motifs is 1. The van der Waals surface area contributed by atoms with Crippen molar-refractivity contribution in [1.82, 2.24) is 15.2 Å². The van der Waals surface area contributed by atoms with Crippen molar-refractivity contribution in [2.45, 2.75) is 38.5 Å². The number of aromatic amines is 1. The maximum Gasteiger partial charge on any atom is 0.220 e. The number of nitrogens with zero attached hydrogens (tertiary/aromatic N) is 1. The van der Waals surface area contributed by atoms with Crippen molar-refractivity contribution in [3.8, 4) is 0 Å². The molecule has 4 heteroatoms. The number of aromatic nitrogens is 1. The van der Waals surface area contributed by atoms with E-state index in [9.17, 15) is 4.79 Å². The molecule has 152 valence electrons. The number of carbonyl (C=O) groups excluding carboxylic acids is 1. The van der Waals surface area contributed by atoms with E-state index in [2.05, 4.69) is 70.8 Å². The number of aryl methyl sites for hydroxylation is 1. The van der Waals surface area contributed by atoms with E-state index >= 15 is 0 Å². The molecule has 1 aliphatic rings. The van der Waals surface area contributed by atoms with Crippen LogP contribution in [0.15, 0.2) is 54.7 Å². The number of para-hydroxylation sites is 1. The quantitative estimate of drug-likeness (QED) is 0.597. The fraction of sp³-hybridized carbons (Fsp3) is 0.400. The van der Waals surface area contributed by atoms with Crippen LogP contribution < -0.4 is 5.32 Å². The minimum Gasteiger partial charge on any atom is -0.361 e. The van der Waals surface area contributed by atoms with Crippen LogP contribution in [0.3, 0.4) is 0 Å². The Bertz CT molecular complexity index is 941. The molecule has 29 heavy (non-hydrogen) atoms. The Kier molecular flexibility index (Phi) is 6.30. The van der Waals surface area contributed by atoms with Gasteiger partial charge in [-0.2, -0.15) is 0 Å². The lowest BCUT2D eigenvalue weighted by Crippen LogP contribution is -2.34. The summed E-state index contributed by atoms with van der Waals surface area (Å²) in [5, 5.41) is 4.38. The van der Waals surface area contributed by atoms with Crippen LogP contribution in [0.4, 0.5) is 0 Å². The molecule has 3 aromatic rings. The lowest BCUT2D eigenvalue weighted by molar-refractivity contribution is -0.121. The van der Waals surface area contributed by atoms with E-state index in [0.29, 0.717) is 6.42 Å². The van der Waals surface area contributed by atoms with Gasteiger partial charge in [-0.25, -0.2) is 0 Å². The Morgan fingerprint density at radius 1 is 1.10 bits per heavy atom. The average molecular weight is 390 g/mol. The Morgan fingerprint density at radius 3 is 2.66 bits per heavy atom. The molecule has 0 aliphatic carbocycles. The number of hydrogen-bond acceptors (Lipinski definition) is 2. The SMILES string of the molecule is CCc1cccc2c(C(CC(=O)NCCN3CCCC3)c3ccccc3)c[nH]c12. The molecule has 1 unspecified atom stereocenters. The summed E-state index contributed by atoms with van der Waals surface area (Å²) in [4.78, 5) is 18.7. The van der Waals surface area contributed by atoms with Crippen LogP contribution in [-0.2, 0) is 11.2 Å². The highest BCUT2D eigenvalue weighted by Gasteiger charge is 2.22. The molecule has 1 fully saturated rings. The van der Waals surface area contributed by atoms with Crippen molar-refractivity contribution in [3.63, 3.8) is 0 Å². The molecule has 2 heterocycles. The first-order chi connectivity index (χ1) is 14.3. The van der Waals surface area contributed by atoms with Gasteiger partial charge in [0, 0.05) is 42.5 Å². The first-order valence-corrected chi connectivity index (χ1v) is 10.9. The largest absolute Gasteiger partial charge is 0.361 e. The molecule has 1 atom stereocenters. The summed E-state index contributed by atoms with van der Waals surface area (Å²) in [6.45, 7) is 6.19. The molecule has 0 bridgehead atoms. The predicted molar refractivity (Wildman–Crippen MR) is 119 cm³/mol. The van der Waals surface area contributed by atoms with Crippen LogP contribution in [0.25, 0.3) is 10.9 Å². The number of hydrogen-bond donors (Lipinski definition) is 2. The second kappa shape index (κ2) is 9.27. The fourth-order valence-electron chi connectivity index (χ4n) is 4.53. The maximum absolute atomic E-state index is 12.8. The fourth-order valence-corrected chi connectivity index (χ4v) is 4.53. The maximum atomic E-state index is 12.8. The van der Waals surface area contributed by atoms with Gasteiger partial charge in [0.2, 0.25) is 5.91 Å². The van der Waals surface area contributed by atoms with Crippen LogP contribution in [0.5, 0.6) is 0 Å². The molecule has 1 aliphatic heterocycles. The van der Waals surface area contributed by atoms with Crippen molar-refractivity contribution in [1.29, 1.82) is 0 Å². The van der Waals surface area contributed by atoms with E-state index < -0.39 is 0 Å². The summed E-state index contributed by atoms with van der Waals surface area (Å²) >= 11 is 0. The van der Waals surface area contributed by atoms with Gasteiger partial charge in [0.15, 0.2) is 0 Å². The van der Waals surface area contributed by atoms with Gasteiger partial charge in [-0.05, 0) is 49.0 Å². The number of H-pyrrole nitrogens is 1. The second-order valence-electron chi connectivity index (χ2n) is 8.00. The summed E-state index contributed by atoms with van der Waals surface area (Å²) in [5.74, 6) is 0.169. The minimum absolute atomic E-state index is 0.0452. The van der Waals surface area contributed by atoms with Gasteiger partial charge in [-0.1, -0.05) is 55.5 Å². The van der Waals surface area contributed by atoms with E-state index in [1.807, 2.05) is 6.07 Å². The lowest BCUT2D eigenvalue weighted by Gasteiger charge is -2.19. The number of amides is 1. The highest BCUT2D eigenvalue weighted by molar-refractivity contribution is 5.88. The van der Waals surface area contributed by atoms with E-state index in [1.165, 1.54) is 40.4 Å². The lowest BCUT2D eigenvalue weighted by atomic mass is 9.87. The summed E-state index contributed by atoms with van der Waals surface area (Å²) < 4.78 is 0. The molecule has 4 rings (SSSR count). The highest BCUT2D eigenvalue weighted by Crippen LogP contribution is 2.34.